The quantitative estimate of drug-likeness (QED) is 0.585. The van der Waals surface area contributed by atoms with E-state index in [-0.39, 0.29) is 5.75 Å². The number of nitrogens with one attached hydrogen (secondary N) is 1. The minimum atomic E-state index is -3.58. The largest absolute Gasteiger partial charge is 0.398 e. The van der Waals surface area contributed by atoms with Crippen LogP contribution in [0, 0.1) is 0 Å². The maximum absolute atomic E-state index is 11.5. The Labute approximate surface area is 93.7 Å². The molecule has 0 atom stereocenters. The molecule has 5 N–H and O–H groups in total. The number of primary amides is 1. The third-order valence-electron chi connectivity index (χ3n) is 1.87. The van der Waals surface area contributed by atoms with Gasteiger partial charge in [0.2, 0.25) is 15.9 Å². The summed E-state index contributed by atoms with van der Waals surface area (Å²) in [6, 6.07) is 6.62. The van der Waals surface area contributed by atoms with Gasteiger partial charge in [-0.15, -0.1) is 0 Å². The molecule has 88 valence electrons. The smallest absolute Gasteiger partial charge is 0.232 e. The van der Waals surface area contributed by atoms with Gasteiger partial charge in [0, 0.05) is 5.69 Å². The summed E-state index contributed by atoms with van der Waals surface area (Å²) in [5.74, 6) is -1.00. The van der Waals surface area contributed by atoms with E-state index in [2.05, 4.69) is 4.72 Å². The lowest BCUT2D eigenvalue weighted by atomic mass is 10.2. The molecule has 7 heteroatoms. The van der Waals surface area contributed by atoms with Gasteiger partial charge in [0.1, 0.15) is 0 Å². The second kappa shape index (κ2) is 4.95. The molecule has 0 spiro atoms. The zero-order valence-electron chi connectivity index (χ0n) is 8.51. The number of benzene rings is 1. The summed E-state index contributed by atoms with van der Waals surface area (Å²) in [4.78, 5) is 10.4. The average Bonchev–Trinajstić information content (AvgIpc) is 2.19. The van der Waals surface area contributed by atoms with Crippen LogP contribution < -0.4 is 16.2 Å². The van der Waals surface area contributed by atoms with Gasteiger partial charge in [0.05, 0.1) is 12.3 Å². The molecule has 0 unspecified atom stereocenters. The van der Waals surface area contributed by atoms with Crippen molar-refractivity contribution in [1.29, 1.82) is 0 Å². The monoisotopic (exact) mass is 243 g/mol. The highest BCUT2D eigenvalue weighted by atomic mass is 32.2. The first-order valence-electron chi connectivity index (χ1n) is 4.50. The van der Waals surface area contributed by atoms with E-state index in [9.17, 15) is 13.2 Å². The Hall–Kier alpha value is -1.60. The highest BCUT2D eigenvalue weighted by Crippen LogP contribution is 2.13. The predicted molar refractivity (Wildman–Crippen MR) is 60.7 cm³/mol. The fourth-order valence-corrected chi connectivity index (χ4v) is 2.24. The Kier molecular flexibility index (Phi) is 3.86. The number of hydrogen-bond donors (Lipinski definition) is 3. The molecule has 0 aliphatic rings. The Morgan fingerprint density at radius 2 is 1.94 bits per heavy atom. The Morgan fingerprint density at radius 1 is 1.31 bits per heavy atom. The molecule has 0 saturated heterocycles. The maximum atomic E-state index is 11.5. The molecule has 1 aromatic rings. The van der Waals surface area contributed by atoms with Gasteiger partial charge in [0.15, 0.2) is 0 Å². The van der Waals surface area contributed by atoms with Crippen molar-refractivity contribution in [2.75, 3.05) is 12.3 Å². The number of anilines is 1. The minimum absolute atomic E-state index is 0.271. The molecule has 1 rings (SSSR count). The van der Waals surface area contributed by atoms with Crippen LogP contribution in [-0.4, -0.2) is 20.9 Å². The number of carbonyl (C=O) groups excluding carboxylic acids is 1. The van der Waals surface area contributed by atoms with E-state index in [1.807, 2.05) is 0 Å². The lowest BCUT2D eigenvalue weighted by Gasteiger charge is -2.07. The van der Waals surface area contributed by atoms with Crippen molar-refractivity contribution in [3.05, 3.63) is 29.8 Å². The molecule has 0 saturated carbocycles. The van der Waals surface area contributed by atoms with Gasteiger partial charge in [-0.2, -0.15) is 0 Å². The summed E-state index contributed by atoms with van der Waals surface area (Å²) < 4.78 is 25.0. The number of nitrogens with two attached hydrogens (primary N) is 2. The Bertz CT molecular complexity index is 485. The molecular formula is C9H13N3O3S. The molecule has 0 aromatic heterocycles. The normalized spacial score (nSPS) is 11.2. The summed E-state index contributed by atoms with van der Waals surface area (Å²) in [6.07, 6.45) is 0. The first kappa shape index (κ1) is 12.5. The van der Waals surface area contributed by atoms with Gasteiger partial charge in [-0.05, 0) is 11.6 Å². The summed E-state index contributed by atoms with van der Waals surface area (Å²) >= 11 is 0. The van der Waals surface area contributed by atoms with Crippen molar-refractivity contribution >= 4 is 21.6 Å². The van der Waals surface area contributed by atoms with Crippen LogP contribution in [0.15, 0.2) is 24.3 Å². The van der Waals surface area contributed by atoms with Crippen molar-refractivity contribution in [1.82, 2.24) is 4.72 Å². The van der Waals surface area contributed by atoms with Crippen LogP contribution in [-0.2, 0) is 20.6 Å². The summed E-state index contributed by atoms with van der Waals surface area (Å²) in [6.45, 7) is -0.408. The lowest BCUT2D eigenvalue weighted by molar-refractivity contribution is -0.116. The molecule has 0 radical (unpaired) electrons. The second-order valence-corrected chi connectivity index (χ2v) is 5.05. The van der Waals surface area contributed by atoms with E-state index < -0.39 is 22.5 Å². The first-order chi connectivity index (χ1) is 7.41. The van der Waals surface area contributed by atoms with Crippen molar-refractivity contribution in [3.8, 4) is 0 Å². The van der Waals surface area contributed by atoms with Gasteiger partial charge in [-0.1, -0.05) is 18.2 Å². The predicted octanol–water partition coefficient (Wildman–Crippen LogP) is -0.826. The van der Waals surface area contributed by atoms with E-state index in [4.69, 9.17) is 11.5 Å². The second-order valence-electron chi connectivity index (χ2n) is 3.25. The van der Waals surface area contributed by atoms with E-state index in [0.717, 1.165) is 0 Å². The topological polar surface area (TPSA) is 115 Å². The Morgan fingerprint density at radius 3 is 2.50 bits per heavy atom. The Balaban J connectivity index is 2.73. The van der Waals surface area contributed by atoms with Gasteiger partial charge in [-0.3, -0.25) is 4.79 Å². The van der Waals surface area contributed by atoms with Crippen LogP contribution in [0.3, 0.4) is 0 Å². The fraction of sp³-hybridized carbons (Fsp3) is 0.222. The van der Waals surface area contributed by atoms with Crippen LogP contribution in [0.5, 0.6) is 0 Å². The van der Waals surface area contributed by atoms with Gasteiger partial charge in [-0.25, -0.2) is 13.1 Å². The molecule has 0 aliphatic heterocycles. The standard InChI is InChI=1S/C9H13N3O3S/c10-8-4-2-1-3-7(8)6-16(14,15)12-5-9(11)13/h1-4,12H,5-6,10H2,(H2,11,13). The van der Waals surface area contributed by atoms with Crippen molar-refractivity contribution in [2.24, 2.45) is 5.73 Å². The molecule has 0 aliphatic carbocycles. The first-order valence-corrected chi connectivity index (χ1v) is 6.15. The third kappa shape index (κ3) is 3.87. The minimum Gasteiger partial charge on any atom is -0.398 e. The van der Waals surface area contributed by atoms with Gasteiger partial charge < -0.3 is 11.5 Å². The summed E-state index contributed by atoms with van der Waals surface area (Å²) in [5, 5.41) is 0. The maximum Gasteiger partial charge on any atom is 0.232 e. The highest BCUT2D eigenvalue weighted by Gasteiger charge is 2.13. The van der Waals surface area contributed by atoms with E-state index in [1.165, 1.54) is 0 Å². The highest BCUT2D eigenvalue weighted by molar-refractivity contribution is 7.88. The van der Waals surface area contributed by atoms with Crippen LogP contribution in [0.25, 0.3) is 0 Å². The molecule has 0 heterocycles. The zero-order chi connectivity index (χ0) is 12.2. The zero-order valence-corrected chi connectivity index (χ0v) is 9.33. The SMILES string of the molecule is NC(=O)CNS(=O)(=O)Cc1ccccc1N. The van der Waals surface area contributed by atoms with Crippen molar-refractivity contribution < 1.29 is 13.2 Å². The molecule has 6 nitrogen and oxygen atoms in total. The molecule has 1 amide bonds. The summed E-state index contributed by atoms with van der Waals surface area (Å²) in [5.41, 5.74) is 11.3. The van der Waals surface area contributed by atoms with Crippen molar-refractivity contribution in [2.45, 2.75) is 5.75 Å². The van der Waals surface area contributed by atoms with Crippen LogP contribution in [0.4, 0.5) is 5.69 Å². The number of para-hydroxylation sites is 1. The summed E-state index contributed by atoms with van der Waals surface area (Å²) in [7, 11) is -3.58. The number of hydrogen-bond acceptors (Lipinski definition) is 4. The fourth-order valence-electron chi connectivity index (χ4n) is 1.10. The molecule has 0 fully saturated rings. The van der Waals surface area contributed by atoms with E-state index in [1.54, 1.807) is 24.3 Å². The number of carbonyl (C=O) groups is 1. The number of amides is 1. The van der Waals surface area contributed by atoms with E-state index >= 15 is 0 Å². The van der Waals surface area contributed by atoms with Gasteiger partial charge >= 0.3 is 0 Å². The number of nitrogen functional groups attached to an aromatic ring is 1. The molecular weight excluding hydrogens is 230 g/mol. The van der Waals surface area contributed by atoms with E-state index in [0.29, 0.717) is 11.3 Å². The molecule has 0 bridgehead atoms. The van der Waals surface area contributed by atoms with Gasteiger partial charge in [0.25, 0.3) is 0 Å². The van der Waals surface area contributed by atoms with Crippen LogP contribution in [0.2, 0.25) is 0 Å². The molecule has 1 aromatic carbocycles. The average molecular weight is 243 g/mol. The van der Waals surface area contributed by atoms with Crippen LogP contribution in [0.1, 0.15) is 5.56 Å². The number of rotatable bonds is 5. The van der Waals surface area contributed by atoms with Crippen molar-refractivity contribution in [3.63, 3.8) is 0 Å². The number of sulfonamides is 1. The van der Waals surface area contributed by atoms with Crippen LogP contribution >= 0.6 is 0 Å². The molecule has 16 heavy (non-hydrogen) atoms. The third-order valence-corrected chi connectivity index (χ3v) is 3.14. The lowest BCUT2D eigenvalue weighted by Crippen LogP contribution is -2.34.